The standard InChI is InChI=1S/C20H23N3OS/c1-23(14-17-5-4-12-25-17)19-7-3-2-6-18(19)22-20(24)16-10-8-15(13-21)9-11-16/h4-5,8-12,18-19H,2-3,6-7,14H2,1H3,(H,22,24)/t18-,19-/m1/s1. The van der Waals surface area contributed by atoms with Crippen LogP contribution in [-0.2, 0) is 6.54 Å². The molecule has 3 rings (SSSR count). The van der Waals surface area contributed by atoms with Crippen molar-refractivity contribution in [1.82, 2.24) is 10.2 Å². The number of amides is 1. The Morgan fingerprint density at radius 2 is 2.04 bits per heavy atom. The first-order valence-electron chi connectivity index (χ1n) is 8.71. The fourth-order valence-electron chi connectivity index (χ4n) is 3.52. The second kappa shape index (κ2) is 8.28. The molecule has 1 aromatic carbocycles. The average molecular weight is 353 g/mol. The van der Waals surface area contributed by atoms with Crippen molar-refractivity contribution in [3.8, 4) is 6.07 Å². The van der Waals surface area contributed by atoms with Crippen molar-refractivity contribution < 1.29 is 4.79 Å². The van der Waals surface area contributed by atoms with Crippen LogP contribution in [0.1, 0.15) is 46.5 Å². The normalized spacial score (nSPS) is 20.2. The SMILES string of the molecule is CN(Cc1cccs1)[C@@H]1CCCC[C@H]1NC(=O)c1ccc(C#N)cc1. The van der Waals surface area contributed by atoms with Crippen molar-refractivity contribution >= 4 is 17.2 Å². The Morgan fingerprint density at radius 1 is 1.28 bits per heavy atom. The maximum absolute atomic E-state index is 12.6. The molecular formula is C20H23N3OS. The molecule has 4 nitrogen and oxygen atoms in total. The summed E-state index contributed by atoms with van der Waals surface area (Å²) in [6.07, 6.45) is 4.49. The van der Waals surface area contributed by atoms with Gasteiger partial charge in [-0.05, 0) is 55.6 Å². The van der Waals surface area contributed by atoms with Crippen molar-refractivity contribution in [2.24, 2.45) is 0 Å². The molecule has 0 aliphatic heterocycles. The maximum Gasteiger partial charge on any atom is 0.251 e. The minimum absolute atomic E-state index is 0.0501. The summed E-state index contributed by atoms with van der Waals surface area (Å²) < 4.78 is 0. The van der Waals surface area contributed by atoms with E-state index in [2.05, 4.69) is 40.8 Å². The quantitative estimate of drug-likeness (QED) is 0.890. The van der Waals surface area contributed by atoms with Crippen molar-refractivity contribution in [3.05, 3.63) is 57.8 Å². The third-order valence-corrected chi connectivity index (χ3v) is 5.73. The highest BCUT2D eigenvalue weighted by atomic mass is 32.1. The molecule has 0 unspecified atom stereocenters. The van der Waals surface area contributed by atoms with Gasteiger partial charge in [0.15, 0.2) is 0 Å². The zero-order valence-electron chi connectivity index (χ0n) is 14.4. The van der Waals surface area contributed by atoms with Crippen molar-refractivity contribution in [2.45, 2.75) is 44.3 Å². The van der Waals surface area contributed by atoms with Crippen LogP contribution in [0, 0.1) is 11.3 Å². The molecule has 0 spiro atoms. The van der Waals surface area contributed by atoms with Crippen LogP contribution in [0.4, 0.5) is 0 Å². The third kappa shape index (κ3) is 4.47. The van der Waals surface area contributed by atoms with Crippen LogP contribution in [0.25, 0.3) is 0 Å². The van der Waals surface area contributed by atoms with E-state index in [1.165, 1.54) is 11.3 Å². The van der Waals surface area contributed by atoms with E-state index in [4.69, 9.17) is 5.26 Å². The van der Waals surface area contributed by atoms with Gasteiger partial charge in [-0.25, -0.2) is 0 Å². The topological polar surface area (TPSA) is 56.1 Å². The minimum Gasteiger partial charge on any atom is -0.348 e. The predicted molar refractivity (Wildman–Crippen MR) is 100 cm³/mol. The Morgan fingerprint density at radius 3 is 2.72 bits per heavy atom. The Hall–Kier alpha value is -2.16. The number of benzene rings is 1. The molecule has 130 valence electrons. The van der Waals surface area contributed by atoms with Crippen LogP contribution >= 0.6 is 11.3 Å². The van der Waals surface area contributed by atoms with Crippen molar-refractivity contribution in [1.29, 1.82) is 5.26 Å². The predicted octanol–water partition coefficient (Wildman–Crippen LogP) is 3.79. The smallest absolute Gasteiger partial charge is 0.251 e. The van der Waals surface area contributed by atoms with E-state index in [1.54, 1.807) is 35.6 Å². The van der Waals surface area contributed by atoms with Crippen LogP contribution in [0.5, 0.6) is 0 Å². The lowest BCUT2D eigenvalue weighted by molar-refractivity contribution is 0.0859. The van der Waals surface area contributed by atoms with Gasteiger partial charge in [0.25, 0.3) is 5.91 Å². The van der Waals surface area contributed by atoms with E-state index in [9.17, 15) is 4.79 Å². The average Bonchev–Trinajstić information content (AvgIpc) is 3.15. The molecule has 1 heterocycles. The van der Waals surface area contributed by atoms with E-state index in [0.717, 1.165) is 25.8 Å². The van der Waals surface area contributed by atoms with Crippen molar-refractivity contribution in [2.75, 3.05) is 7.05 Å². The number of thiophene rings is 1. The van der Waals surface area contributed by atoms with Crippen molar-refractivity contribution in [3.63, 3.8) is 0 Å². The molecular weight excluding hydrogens is 330 g/mol. The fraction of sp³-hybridized carbons (Fsp3) is 0.400. The number of hydrogen-bond acceptors (Lipinski definition) is 4. The first-order valence-corrected chi connectivity index (χ1v) is 9.59. The largest absolute Gasteiger partial charge is 0.348 e. The summed E-state index contributed by atoms with van der Waals surface area (Å²) in [7, 11) is 2.15. The lowest BCUT2D eigenvalue weighted by atomic mass is 9.89. The zero-order chi connectivity index (χ0) is 17.6. The Labute approximate surface area is 153 Å². The molecule has 25 heavy (non-hydrogen) atoms. The van der Waals surface area contributed by atoms with Gasteiger partial charge in [0.1, 0.15) is 0 Å². The monoisotopic (exact) mass is 353 g/mol. The summed E-state index contributed by atoms with van der Waals surface area (Å²) in [5.74, 6) is -0.0501. The molecule has 0 radical (unpaired) electrons. The molecule has 1 amide bonds. The van der Waals surface area contributed by atoms with E-state index >= 15 is 0 Å². The number of nitriles is 1. The molecule has 2 aromatic rings. The summed E-state index contributed by atoms with van der Waals surface area (Å²) in [6.45, 7) is 0.922. The van der Waals surface area contributed by atoms with Gasteiger partial charge >= 0.3 is 0 Å². The molecule has 1 aliphatic carbocycles. The van der Waals surface area contributed by atoms with E-state index in [-0.39, 0.29) is 11.9 Å². The minimum atomic E-state index is -0.0501. The molecule has 0 bridgehead atoms. The lowest BCUT2D eigenvalue weighted by Crippen LogP contribution is -2.51. The summed E-state index contributed by atoms with van der Waals surface area (Å²) in [5.41, 5.74) is 1.19. The number of carbonyl (C=O) groups is 1. The first kappa shape index (κ1) is 17.7. The molecule has 0 saturated heterocycles. The summed E-state index contributed by atoms with van der Waals surface area (Å²) in [6, 6.07) is 13.7. The number of nitrogens with one attached hydrogen (secondary N) is 1. The van der Waals surface area contributed by atoms with E-state index in [1.807, 2.05) is 0 Å². The van der Waals surface area contributed by atoms with Gasteiger partial charge in [0, 0.05) is 29.1 Å². The highest BCUT2D eigenvalue weighted by molar-refractivity contribution is 7.09. The Bertz CT molecular complexity index is 733. The fourth-order valence-corrected chi connectivity index (χ4v) is 4.29. The van der Waals surface area contributed by atoms with E-state index in [0.29, 0.717) is 17.2 Å². The summed E-state index contributed by atoms with van der Waals surface area (Å²) >= 11 is 1.78. The van der Waals surface area contributed by atoms with Crippen LogP contribution in [-0.4, -0.2) is 29.9 Å². The maximum atomic E-state index is 12.6. The second-order valence-electron chi connectivity index (χ2n) is 6.62. The first-order chi connectivity index (χ1) is 12.2. The van der Waals surface area contributed by atoms with Gasteiger partial charge < -0.3 is 5.32 Å². The number of likely N-dealkylation sites (N-methyl/N-ethyl adjacent to an activating group) is 1. The van der Waals surface area contributed by atoms with Crippen LogP contribution < -0.4 is 5.32 Å². The van der Waals surface area contributed by atoms with Gasteiger partial charge in [-0.1, -0.05) is 18.9 Å². The molecule has 2 atom stereocenters. The van der Waals surface area contributed by atoms with Gasteiger partial charge in [-0.2, -0.15) is 5.26 Å². The number of rotatable bonds is 5. The molecule has 1 N–H and O–H groups in total. The van der Waals surface area contributed by atoms with Crippen LogP contribution in [0.15, 0.2) is 41.8 Å². The molecule has 1 fully saturated rings. The molecule has 1 aliphatic rings. The third-order valence-electron chi connectivity index (χ3n) is 4.87. The number of carbonyl (C=O) groups excluding carboxylic acids is 1. The highest BCUT2D eigenvalue weighted by Crippen LogP contribution is 2.25. The Balaban J connectivity index is 1.65. The van der Waals surface area contributed by atoms with Crippen LogP contribution in [0.3, 0.4) is 0 Å². The number of nitrogens with zero attached hydrogens (tertiary/aromatic N) is 2. The lowest BCUT2D eigenvalue weighted by Gasteiger charge is -2.38. The highest BCUT2D eigenvalue weighted by Gasteiger charge is 2.29. The number of hydrogen-bond donors (Lipinski definition) is 1. The van der Waals surface area contributed by atoms with Crippen LogP contribution in [0.2, 0.25) is 0 Å². The van der Waals surface area contributed by atoms with Gasteiger partial charge in [0.05, 0.1) is 11.6 Å². The summed E-state index contributed by atoms with van der Waals surface area (Å²) in [5, 5.41) is 14.2. The summed E-state index contributed by atoms with van der Waals surface area (Å²) in [4.78, 5) is 16.3. The second-order valence-corrected chi connectivity index (χ2v) is 7.65. The molecule has 1 aromatic heterocycles. The molecule has 1 saturated carbocycles. The zero-order valence-corrected chi connectivity index (χ0v) is 15.3. The van der Waals surface area contributed by atoms with Gasteiger partial charge in [-0.15, -0.1) is 11.3 Å². The van der Waals surface area contributed by atoms with E-state index < -0.39 is 0 Å². The molecule has 5 heteroatoms. The van der Waals surface area contributed by atoms with Gasteiger partial charge in [-0.3, -0.25) is 9.69 Å². The Kier molecular flexibility index (Phi) is 5.85. The van der Waals surface area contributed by atoms with Gasteiger partial charge in [0.2, 0.25) is 0 Å².